The van der Waals surface area contributed by atoms with E-state index in [4.69, 9.17) is 4.74 Å². The number of ether oxygens (including phenoxy) is 1. The average Bonchev–Trinajstić information content (AvgIpc) is 3.64. The maximum absolute atomic E-state index is 12.6. The molecule has 1 heterocycles. The van der Waals surface area contributed by atoms with Crippen molar-refractivity contribution in [2.45, 2.75) is 88.1 Å². The molecule has 6 nitrogen and oxygen atoms in total. The molecule has 226 valence electrons. The number of aromatic nitrogens is 1. The van der Waals surface area contributed by atoms with E-state index < -0.39 is 11.9 Å². The van der Waals surface area contributed by atoms with E-state index in [9.17, 15) is 15.0 Å². The van der Waals surface area contributed by atoms with E-state index in [0.717, 1.165) is 45.2 Å². The molecule has 3 aromatic carbocycles. The number of nitrogens with one attached hydrogen (secondary N) is 2. The molecule has 7 rings (SSSR count). The van der Waals surface area contributed by atoms with Crippen molar-refractivity contribution < 1.29 is 19.7 Å². The van der Waals surface area contributed by atoms with Gasteiger partial charge in [-0.3, -0.25) is 4.79 Å². The monoisotopic (exact) mass is 580 g/mol. The number of phenols is 1. The van der Waals surface area contributed by atoms with Crippen molar-refractivity contribution in [2.24, 2.45) is 5.92 Å². The predicted molar refractivity (Wildman–Crippen MR) is 171 cm³/mol. The number of aromatic hydroxyl groups is 1. The number of hydrogen-bond donors (Lipinski definition) is 4. The second kappa shape index (κ2) is 13.3. The molecule has 3 aliphatic carbocycles. The molecule has 0 aliphatic heterocycles. The van der Waals surface area contributed by atoms with Gasteiger partial charge >= 0.3 is 5.97 Å². The van der Waals surface area contributed by atoms with Crippen LogP contribution in [0.5, 0.6) is 11.5 Å². The Morgan fingerprint density at radius 1 is 0.767 bits per heavy atom. The number of hydrogen-bond acceptors (Lipinski definition) is 4. The number of carbonyl (C=O) groups is 1. The van der Waals surface area contributed by atoms with Crippen LogP contribution < -0.4 is 10.1 Å². The Morgan fingerprint density at radius 3 is 2.02 bits per heavy atom. The van der Waals surface area contributed by atoms with Gasteiger partial charge < -0.3 is 25.3 Å². The number of phenolic OH excluding ortho intramolecular Hbond substituents is 1. The van der Waals surface area contributed by atoms with Gasteiger partial charge in [0.05, 0.1) is 13.0 Å². The first-order valence-corrected chi connectivity index (χ1v) is 16.0. The highest BCUT2D eigenvalue weighted by molar-refractivity contribution is 5.82. The largest absolute Gasteiger partial charge is 0.508 e. The van der Waals surface area contributed by atoms with E-state index in [2.05, 4.69) is 16.4 Å². The minimum absolute atomic E-state index is 0.137. The molecule has 4 aromatic rings. The zero-order chi connectivity index (χ0) is 29.8. The van der Waals surface area contributed by atoms with Crippen LogP contribution in [0.15, 0.2) is 72.9 Å². The van der Waals surface area contributed by atoms with Gasteiger partial charge in [-0.2, -0.15) is 0 Å². The predicted octanol–water partition coefficient (Wildman–Crippen LogP) is 8.10. The summed E-state index contributed by atoms with van der Waals surface area (Å²) >= 11 is 0. The Labute approximate surface area is 254 Å². The van der Waals surface area contributed by atoms with Crippen LogP contribution in [0.1, 0.15) is 98.3 Å². The van der Waals surface area contributed by atoms with Crippen molar-refractivity contribution >= 4 is 16.9 Å². The molecule has 43 heavy (non-hydrogen) atoms. The van der Waals surface area contributed by atoms with E-state index >= 15 is 0 Å². The number of aromatic amines is 1. The molecule has 0 bridgehead atoms. The highest BCUT2D eigenvalue weighted by atomic mass is 16.5. The molecule has 0 amide bonds. The van der Waals surface area contributed by atoms with Crippen molar-refractivity contribution in [3.8, 4) is 11.5 Å². The standard InChI is InChI=1S/C25H21NO4.C12H23N/c1-30-18-6-2-14(3-7-18)22-20-13-17(27)5-8-19(20)23(24(22)25(28)29)16-4-9-21-15(12-16)10-11-26-21;1-3-7-11(8-4-1)13-12-9-5-2-6-10-12/h2-13,22-24,26-27H,1H3,(H,28,29);11-13H,1-10H2. The van der Waals surface area contributed by atoms with Crippen LogP contribution >= 0.6 is 0 Å². The molecule has 2 saturated carbocycles. The van der Waals surface area contributed by atoms with Gasteiger partial charge in [-0.1, -0.05) is 62.8 Å². The Kier molecular flexibility index (Phi) is 9.03. The fourth-order valence-electron chi connectivity index (χ4n) is 7.70. The van der Waals surface area contributed by atoms with Crippen LogP contribution in [0.4, 0.5) is 0 Å². The van der Waals surface area contributed by atoms with E-state index in [1.807, 2.05) is 54.7 Å². The zero-order valence-electron chi connectivity index (χ0n) is 25.1. The van der Waals surface area contributed by atoms with Gasteiger partial charge in [0, 0.05) is 35.6 Å². The number of fused-ring (bicyclic) bond motifs is 2. The van der Waals surface area contributed by atoms with Gasteiger partial charge in [0.25, 0.3) is 0 Å². The van der Waals surface area contributed by atoms with Gasteiger partial charge in [-0.15, -0.1) is 0 Å². The van der Waals surface area contributed by atoms with E-state index in [0.29, 0.717) is 5.75 Å². The van der Waals surface area contributed by atoms with Gasteiger partial charge in [0.15, 0.2) is 0 Å². The minimum atomic E-state index is -0.856. The number of H-pyrrole nitrogens is 1. The zero-order valence-corrected chi connectivity index (χ0v) is 25.1. The molecular formula is C37H44N2O4. The molecule has 0 spiro atoms. The Bertz CT molecular complexity index is 1500. The smallest absolute Gasteiger partial charge is 0.308 e. The highest BCUT2D eigenvalue weighted by Crippen LogP contribution is 2.53. The van der Waals surface area contributed by atoms with Crippen LogP contribution in [-0.4, -0.2) is 40.4 Å². The van der Waals surface area contributed by atoms with Crippen LogP contribution in [-0.2, 0) is 4.79 Å². The second-order valence-electron chi connectivity index (χ2n) is 12.6. The first kappa shape index (κ1) is 29.3. The summed E-state index contributed by atoms with van der Waals surface area (Å²) in [5.74, 6) is -1.38. The summed E-state index contributed by atoms with van der Waals surface area (Å²) in [5, 5.41) is 25.4. The van der Waals surface area contributed by atoms with E-state index in [1.54, 1.807) is 19.2 Å². The minimum Gasteiger partial charge on any atom is -0.508 e. The molecular weight excluding hydrogens is 536 g/mol. The topological polar surface area (TPSA) is 94.6 Å². The third-order valence-corrected chi connectivity index (χ3v) is 9.84. The lowest BCUT2D eigenvalue weighted by Crippen LogP contribution is -2.40. The van der Waals surface area contributed by atoms with Crippen LogP contribution in [0.2, 0.25) is 0 Å². The molecule has 6 heteroatoms. The quantitative estimate of drug-likeness (QED) is 0.185. The first-order valence-electron chi connectivity index (χ1n) is 16.0. The summed E-state index contributed by atoms with van der Waals surface area (Å²) in [6.45, 7) is 0. The Morgan fingerprint density at radius 2 is 1.40 bits per heavy atom. The van der Waals surface area contributed by atoms with Crippen molar-refractivity contribution in [1.29, 1.82) is 0 Å². The number of rotatable bonds is 6. The summed E-state index contributed by atoms with van der Waals surface area (Å²) in [6, 6.07) is 22.5. The van der Waals surface area contributed by atoms with Gasteiger partial charge in [0.1, 0.15) is 11.5 Å². The molecule has 3 atom stereocenters. The fraction of sp³-hybridized carbons (Fsp3) is 0.432. The highest BCUT2D eigenvalue weighted by Gasteiger charge is 2.46. The van der Waals surface area contributed by atoms with Crippen molar-refractivity contribution in [1.82, 2.24) is 10.3 Å². The molecule has 1 aromatic heterocycles. The van der Waals surface area contributed by atoms with Gasteiger partial charge in [-0.05, 0) is 95.8 Å². The molecule has 4 N–H and O–H groups in total. The maximum Gasteiger partial charge on any atom is 0.308 e. The second-order valence-corrected chi connectivity index (χ2v) is 12.6. The van der Waals surface area contributed by atoms with Crippen molar-refractivity contribution in [3.05, 3.63) is 95.2 Å². The number of carboxylic acids is 1. The third kappa shape index (κ3) is 6.45. The normalized spacial score (nSPS) is 22.5. The van der Waals surface area contributed by atoms with Crippen LogP contribution in [0.25, 0.3) is 10.9 Å². The summed E-state index contributed by atoms with van der Waals surface area (Å²) in [5.41, 5.74) is 4.65. The van der Waals surface area contributed by atoms with Gasteiger partial charge in [0.2, 0.25) is 0 Å². The lowest BCUT2D eigenvalue weighted by Gasteiger charge is -2.30. The van der Waals surface area contributed by atoms with Crippen LogP contribution in [0, 0.1) is 5.92 Å². The SMILES string of the molecule is C1CCC(NC2CCCCC2)CC1.COc1ccc(C2c3cc(O)ccc3C(c3ccc4[nH]ccc4c3)C2C(=O)O)cc1. The lowest BCUT2D eigenvalue weighted by atomic mass is 9.79. The Balaban J connectivity index is 0.000000211. The van der Waals surface area contributed by atoms with Gasteiger partial charge in [-0.25, -0.2) is 0 Å². The Hall–Kier alpha value is -3.77. The lowest BCUT2D eigenvalue weighted by molar-refractivity contribution is -0.142. The van der Waals surface area contributed by atoms with Crippen LogP contribution in [0.3, 0.4) is 0 Å². The van der Waals surface area contributed by atoms with Crippen molar-refractivity contribution in [2.75, 3.05) is 7.11 Å². The van der Waals surface area contributed by atoms with Crippen molar-refractivity contribution in [3.63, 3.8) is 0 Å². The molecule has 2 fully saturated rings. The first-order chi connectivity index (χ1) is 21.0. The number of aliphatic carboxylic acids is 1. The number of carboxylic acid groups (broad SMARTS) is 1. The van der Waals surface area contributed by atoms with E-state index in [-0.39, 0.29) is 17.6 Å². The summed E-state index contributed by atoms with van der Waals surface area (Å²) in [7, 11) is 1.60. The summed E-state index contributed by atoms with van der Waals surface area (Å²) in [6.07, 6.45) is 16.4. The van der Waals surface area contributed by atoms with E-state index in [1.165, 1.54) is 64.2 Å². The number of benzene rings is 3. The average molecular weight is 581 g/mol. The molecule has 0 saturated heterocycles. The maximum atomic E-state index is 12.6. The summed E-state index contributed by atoms with van der Waals surface area (Å²) in [4.78, 5) is 15.7. The molecule has 3 unspecified atom stereocenters. The number of methoxy groups -OCH3 is 1. The fourth-order valence-corrected chi connectivity index (χ4v) is 7.70. The molecule has 0 radical (unpaired) electrons. The molecule has 3 aliphatic rings. The summed E-state index contributed by atoms with van der Waals surface area (Å²) < 4.78 is 5.26. The third-order valence-electron chi connectivity index (χ3n) is 9.84.